The molecule has 2 aromatic carbocycles. The third kappa shape index (κ3) is 6.16. The van der Waals surface area contributed by atoms with Crippen LogP contribution in [0, 0.1) is 0 Å². The van der Waals surface area contributed by atoms with Crippen LogP contribution in [0.3, 0.4) is 0 Å². The highest BCUT2D eigenvalue weighted by atomic mass is 32.2. The van der Waals surface area contributed by atoms with Crippen molar-refractivity contribution in [3.63, 3.8) is 0 Å². The zero-order valence-electron chi connectivity index (χ0n) is 17.1. The molecule has 3 aromatic rings. The van der Waals surface area contributed by atoms with E-state index >= 15 is 0 Å². The first-order valence-electron chi connectivity index (χ1n) is 9.29. The van der Waals surface area contributed by atoms with E-state index in [1.165, 1.54) is 35.6 Å². The lowest BCUT2D eigenvalue weighted by Gasteiger charge is -2.08. The van der Waals surface area contributed by atoms with Gasteiger partial charge in [0.2, 0.25) is 10.0 Å². The van der Waals surface area contributed by atoms with E-state index in [0.717, 1.165) is 17.7 Å². The molecule has 0 unspecified atom stereocenters. The summed E-state index contributed by atoms with van der Waals surface area (Å²) in [4.78, 5) is 0.775. The van der Waals surface area contributed by atoms with Crippen molar-refractivity contribution in [2.24, 2.45) is 10.2 Å². The number of benzene rings is 2. The van der Waals surface area contributed by atoms with Crippen molar-refractivity contribution in [3.05, 3.63) is 70.6 Å². The second kappa shape index (κ2) is 9.59. The molecule has 3 rings (SSSR count). The minimum atomic E-state index is -4.43. The van der Waals surface area contributed by atoms with Crippen molar-refractivity contribution in [1.29, 1.82) is 0 Å². The fraction of sp³-hybridized carbons (Fsp3) is 0.143. The fourth-order valence-corrected chi connectivity index (χ4v) is 4.59. The summed E-state index contributed by atoms with van der Waals surface area (Å²) in [7, 11) is -3.77. The summed E-state index contributed by atoms with van der Waals surface area (Å²) in [5, 5.41) is 21.5. The number of hydrogen-bond acceptors (Lipinski definition) is 6. The topological polar surface area (TPSA) is 105 Å². The number of aromatic hydroxyl groups is 1. The zero-order chi connectivity index (χ0) is 24.4. The van der Waals surface area contributed by atoms with Gasteiger partial charge in [0, 0.05) is 11.8 Å². The highest BCUT2D eigenvalue weighted by Gasteiger charge is 2.30. The summed E-state index contributed by atoms with van der Waals surface area (Å²) in [6, 6.07) is 10.5. The Bertz CT molecular complexity index is 1300. The maximum atomic E-state index is 12.8. The number of rotatable bonds is 6. The van der Waals surface area contributed by atoms with E-state index < -0.39 is 21.8 Å². The van der Waals surface area contributed by atoms with E-state index in [1.807, 2.05) is 0 Å². The maximum Gasteiger partial charge on any atom is 0.416 e. The first kappa shape index (κ1) is 24.8. The van der Waals surface area contributed by atoms with E-state index in [-0.39, 0.29) is 10.6 Å². The standard InChI is InChI=1S/C21H18F3N3O3S3/c1-12(26-27-18(31)10-13-2-8-16(9-3-13)33(25,29)30)17-11-32-20(19(17)28)14-4-6-15(7-5-14)21(22,23)24/h2-9,11,28H,10H2,1H3,(H,27,31)(H2,25,29,30)/b26-12-. The van der Waals surface area contributed by atoms with Gasteiger partial charge in [-0.25, -0.2) is 13.6 Å². The number of sulfonamides is 1. The first-order chi connectivity index (χ1) is 15.4. The molecule has 1 aromatic heterocycles. The molecule has 0 saturated heterocycles. The molecule has 174 valence electrons. The third-order valence-electron chi connectivity index (χ3n) is 4.59. The normalized spacial score (nSPS) is 12.6. The molecule has 0 spiro atoms. The van der Waals surface area contributed by atoms with Crippen molar-refractivity contribution in [2.45, 2.75) is 24.4 Å². The number of hydrogen-bond donors (Lipinski definition) is 3. The van der Waals surface area contributed by atoms with Gasteiger partial charge in [0.15, 0.2) is 0 Å². The Hall–Kier alpha value is -2.80. The van der Waals surface area contributed by atoms with Crippen LogP contribution in [-0.2, 0) is 22.6 Å². The molecule has 0 radical (unpaired) electrons. The monoisotopic (exact) mass is 513 g/mol. The minimum Gasteiger partial charge on any atom is -0.506 e. The molecule has 0 aliphatic carbocycles. The molecule has 0 aliphatic rings. The predicted molar refractivity (Wildman–Crippen MR) is 126 cm³/mol. The van der Waals surface area contributed by atoms with Crippen molar-refractivity contribution >= 4 is 44.3 Å². The van der Waals surface area contributed by atoms with E-state index in [1.54, 1.807) is 24.4 Å². The van der Waals surface area contributed by atoms with Gasteiger partial charge in [-0.3, -0.25) is 5.43 Å². The lowest BCUT2D eigenvalue weighted by atomic mass is 10.1. The average molecular weight is 514 g/mol. The van der Waals surface area contributed by atoms with Gasteiger partial charge in [-0.15, -0.1) is 11.3 Å². The summed E-state index contributed by atoms with van der Waals surface area (Å²) < 4.78 is 60.9. The van der Waals surface area contributed by atoms with Crippen molar-refractivity contribution in [3.8, 4) is 16.2 Å². The number of halogens is 3. The summed E-state index contributed by atoms with van der Waals surface area (Å²) in [6.45, 7) is 1.65. The van der Waals surface area contributed by atoms with Gasteiger partial charge in [-0.05, 0) is 42.3 Å². The van der Waals surface area contributed by atoms with Crippen LogP contribution in [0.4, 0.5) is 13.2 Å². The second-order valence-corrected chi connectivity index (χ2v) is 9.93. The van der Waals surface area contributed by atoms with Gasteiger partial charge >= 0.3 is 6.18 Å². The van der Waals surface area contributed by atoms with Crippen molar-refractivity contribution in [1.82, 2.24) is 5.43 Å². The predicted octanol–water partition coefficient (Wildman–Crippen LogP) is 4.67. The molecule has 33 heavy (non-hydrogen) atoms. The summed E-state index contributed by atoms with van der Waals surface area (Å²) in [6.07, 6.45) is -4.14. The summed E-state index contributed by atoms with van der Waals surface area (Å²) in [5.41, 5.74) is 4.00. The van der Waals surface area contributed by atoms with Crippen LogP contribution < -0.4 is 10.6 Å². The van der Waals surface area contributed by atoms with Crippen LogP contribution in [0.25, 0.3) is 10.4 Å². The molecule has 0 fully saturated rings. The highest BCUT2D eigenvalue weighted by molar-refractivity contribution is 7.89. The van der Waals surface area contributed by atoms with Crippen LogP contribution in [0.1, 0.15) is 23.6 Å². The van der Waals surface area contributed by atoms with Gasteiger partial charge < -0.3 is 5.11 Å². The van der Waals surface area contributed by atoms with Crippen LogP contribution in [-0.4, -0.2) is 24.2 Å². The van der Waals surface area contributed by atoms with E-state index in [9.17, 15) is 26.7 Å². The number of alkyl halides is 3. The third-order valence-corrected chi connectivity index (χ3v) is 6.78. The Kier molecular flexibility index (Phi) is 7.22. The average Bonchev–Trinajstić information content (AvgIpc) is 3.12. The molecule has 4 N–H and O–H groups in total. The molecule has 0 amide bonds. The Morgan fingerprint density at radius 2 is 1.76 bits per heavy atom. The minimum absolute atomic E-state index is 0.00391. The van der Waals surface area contributed by atoms with E-state index in [0.29, 0.717) is 33.1 Å². The maximum absolute atomic E-state index is 12.8. The number of thiophene rings is 1. The SMILES string of the molecule is C/C(=N/NC(=S)Cc1ccc(S(N)(=O)=O)cc1)c1csc(-c2ccc(C(F)(F)F)cc2)c1O. The Morgan fingerprint density at radius 1 is 1.15 bits per heavy atom. The van der Waals surface area contributed by atoms with Gasteiger partial charge in [-0.2, -0.15) is 18.3 Å². The van der Waals surface area contributed by atoms with Crippen molar-refractivity contribution in [2.75, 3.05) is 0 Å². The molecule has 0 aliphatic heterocycles. The summed E-state index contributed by atoms with van der Waals surface area (Å²) >= 11 is 6.43. The van der Waals surface area contributed by atoms with E-state index in [2.05, 4.69) is 10.5 Å². The summed E-state index contributed by atoms with van der Waals surface area (Å²) in [5.74, 6) is -0.0905. The molecule has 0 saturated carbocycles. The van der Waals surface area contributed by atoms with Gasteiger partial charge in [0.1, 0.15) is 10.7 Å². The molecular weight excluding hydrogens is 495 g/mol. The van der Waals surface area contributed by atoms with E-state index in [4.69, 9.17) is 17.4 Å². The molecule has 6 nitrogen and oxygen atoms in total. The van der Waals surface area contributed by atoms with Crippen LogP contribution in [0.2, 0.25) is 0 Å². The Labute approximate surface area is 197 Å². The fourth-order valence-electron chi connectivity index (χ4n) is 2.85. The number of nitrogens with two attached hydrogens (primary N) is 1. The molecule has 0 bridgehead atoms. The lowest BCUT2D eigenvalue weighted by molar-refractivity contribution is -0.137. The van der Waals surface area contributed by atoms with Gasteiger partial charge in [-0.1, -0.05) is 36.5 Å². The first-order valence-corrected chi connectivity index (χ1v) is 12.1. The quantitative estimate of drug-likeness (QED) is 0.252. The number of nitrogens with one attached hydrogen (secondary N) is 1. The largest absolute Gasteiger partial charge is 0.506 e. The highest BCUT2D eigenvalue weighted by Crippen LogP contribution is 2.39. The Morgan fingerprint density at radius 3 is 2.30 bits per heavy atom. The number of nitrogens with zero attached hydrogens (tertiary/aromatic N) is 1. The second-order valence-electron chi connectivity index (χ2n) is 7.00. The number of thiocarbonyl (C=S) groups is 1. The molecular formula is C21H18F3N3O3S3. The molecule has 0 atom stereocenters. The van der Waals surface area contributed by atoms with Crippen LogP contribution in [0.15, 0.2) is 63.9 Å². The Balaban J connectivity index is 1.69. The molecule has 1 heterocycles. The smallest absolute Gasteiger partial charge is 0.416 e. The lowest BCUT2D eigenvalue weighted by Crippen LogP contribution is -2.19. The van der Waals surface area contributed by atoms with Crippen LogP contribution >= 0.6 is 23.6 Å². The van der Waals surface area contributed by atoms with Gasteiger partial charge in [0.25, 0.3) is 0 Å². The zero-order valence-corrected chi connectivity index (χ0v) is 19.5. The van der Waals surface area contributed by atoms with Crippen LogP contribution in [0.5, 0.6) is 5.75 Å². The van der Waals surface area contributed by atoms with Crippen molar-refractivity contribution < 1.29 is 26.7 Å². The number of hydrazone groups is 1. The molecule has 12 heteroatoms. The van der Waals surface area contributed by atoms with Gasteiger partial charge in [0.05, 0.1) is 26.6 Å². The number of primary sulfonamides is 1.